The molecule has 0 unspecified atom stereocenters. The fourth-order valence-electron chi connectivity index (χ4n) is 1.60. The molecule has 0 fully saturated rings. The Balaban J connectivity index is 2.18. The van der Waals surface area contributed by atoms with Crippen LogP contribution in [0.1, 0.15) is 16.1 Å². The summed E-state index contributed by atoms with van der Waals surface area (Å²) < 4.78 is 26.4. The summed E-state index contributed by atoms with van der Waals surface area (Å²) in [6, 6.07) is 6.43. The molecule has 0 bridgehead atoms. The maximum absolute atomic E-state index is 13.5. The molecule has 6 heteroatoms. The third kappa shape index (κ3) is 2.90. The highest BCUT2D eigenvalue weighted by Crippen LogP contribution is 2.12. The van der Waals surface area contributed by atoms with Crippen LogP contribution in [0, 0.1) is 11.8 Å². The van der Waals surface area contributed by atoms with Crippen LogP contribution in [0.15, 0.2) is 36.7 Å². The van der Waals surface area contributed by atoms with Crippen LogP contribution in [0.5, 0.6) is 0 Å². The molecule has 0 aliphatic heterocycles. The highest BCUT2D eigenvalue weighted by Gasteiger charge is 2.19. The number of hydrogen-bond donors (Lipinski definition) is 0. The van der Waals surface area contributed by atoms with E-state index in [1.807, 2.05) is 0 Å². The molecule has 98 valence electrons. The van der Waals surface area contributed by atoms with Gasteiger partial charge in [-0.2, -0.15) is 4.39 Å². The van der Waals surface area contributed by atoms with E-state index in [1.54, 1.807) is 24.4 Å². The van der Waals surface area contributed by atoms with Gasteiger partial charge in [-0.1, -0.05) is 6.07 Å². The average molecular weight is 263 g/mol. The van der Waals surface area contributed by atoms with Gasteiger partial charge >= 0.3 is 0 Å². The quantitative estimate of drug-likeness (QED) is 0.796. The fourth-order valence-corrected chi connectivity index (χ4v) is 1.60. The van der Waals surface area contributed by atoms with Crippen molar-refractivity contribution in [3.63, 3.8) is 0 Å². The Bertz CT molecular complexity index is 590. The van der Waals surface area contributed by atoms with Gasteiger partial charge in [0.2, 0.25) is 5.95 Å². The van der Waals surface area contributed by atoms with Crippen LogP contribution in [0.2, 0.25) is 0 Å². The molecule has 1 amide bonds. The van der Waals surface area contributed by atoms with Gasteiger partial charge in [-0.3, -0.25) is 9.78 Å². The minimum atomic E-state index is -1.28. The van der Waals surface area contributed by atoms with Crippen LogP contribution in [0.3, 0.4) is 0 Å². The van der Waals surface area contributed by atoms with Crippen LogP contribution in [-0.4, -0.2) is 27.8 Å². The van der Waals surface area contributed by atoms with Gasteiger partial charge in [-0.15, -0.1) is 0 Å². The molecule has 4 nitrogen and oxygen atoms in total. The lowest BCUT2D eigenvalue weighted by Crippen LogP contribution is -2.27. The first-order valence-corrected chi connectivity index (χ1v) is 5.55. The molecule has 0 N–H and O–H groups in total. The van der Waals surface area contributed by atoms with Crippen molar-refractivity contribution in [2.45, 2.75) is 6.54 Å². The second-order valence-corrected chi connectivity index (χ2v) is 3.95. The topological polar surface area (TPSA) is 46.1 Å². The minimum absolute atomic E-state index is 0.211. The van der Waals surface area contributed by atoms with Crippen molar-refractivity contribution in [1.82, 2.24) is 14.9 Å². The standard InChI is InChI=1S/C13H11F2N3O/c1-18(8-9-4-2-3-6-16-9)13(19)10-5-7-17-12(15)11(10)14/h2-7H,8H2,1H3. The smallest absolute Gasteiger partial charge is 0.257 e. The number of carbonyl (C=O) groups excluding carboxylic acids is 1. The van der Waals surface area contributed by atoms with E-state index in [9.17, 15) is 13.6 Å². The summed E-state index contributed by atoms with van der Waals surface area (Å²) in [5.74, 6) is -3.14. The highest BCUT2D eigenvalue weighted by atomic mass is 19.2. The Hall–Kier alpha value is -2.37. The van der Waals surface area contributed by atoms with E-state index in [0.29, 0.717) is 5.69 Å². The third-order valence-corrected chi connectivity index (χ3v) is 2.55. The van der Waals surface area contributed by atoms with Gasteiger partial charge in [-0.25, -0.2) is 9.37 Å². The summed E-state index contributed by atoms with van der Waals surface area (Å²) in [4.78, 5) is 20.5. The van der Waals surface area contributed by atoms with E-state index in [4.69, 9.17) is 0 Å². The number of pyridine rings is 2. The summed E-state index contributed by atoms with van der Waals surface area (Å²) in [5, 5.41) is 0. The maximum atomic E-state index is 13.5. The Morgan fingerprint density at radius 2 is 2.00 bits per heavy atom. The predicted molar refractivity (Wildman–Crippen MR) is 64.2 cm³/mol. The number of halogens is 2. The molecule has 0 aliphatic rings. The number of aromatic nitrogens is 2. The molecule has 0 aliphatic carbocycles. The van der Waals surface area contributed by atoms with E-state index in [2.05, 4.69) is 9.97 Å². The van der Waals surface area contributed by atoms with Crippen molar-refractivity contribution >= 4 is 5.91 Å². The largest absolute Gasteiger partial charge is 0.336 e. The monoisotopic (exact) mass is 263 g/mol. The molecule has 0 spiro atoms. The van der Waals surface area contributed by atoms with Gasteiger partial charge in [0.1, 0.15) is 0 Å². The van der Waals surface area contributed by atoms with Gasteiger partial charge < -0.3 is 4.90 Å². The molecule has 0 aromatic carbocycles. The van der Waals surface area contributed by atoms with Crippen molar-refractivity contribution in [3.05, 3.63) is 59.7 Å². The highest BCUT2D eigenvalue weighted by molar-refractivity contribution is 5.94. The molecule has 2 aromatic rings. The molecule has 0 radical (unpaired) electrons. The Morgan fingerprint density at radius 3 is 2.68 bits per heavy atom. The Morgan fingerprint density at radius 1 is 1.21 bits per heavy atom. The predicted octanol–water partition coefficient (Wildman–Crippen LogP) is 2.03. The van der Waals surface area contributed by atoms with E-state index in [1.165, 1.54) is 11.9 Å². The summed E-state index contributed by atoms with van der Waals surface area (Å²) in [5.41, 5.74) is 0.319. The zero-order valence-corrected chi connectivity index (χ0v) is 10.2. The van der Waals surface area contributed by atoms with Crippen LogP contribution < -0.4 is 0 Å². The molecule has 0 saturated carbocycles. The van der Waals surface area contributed by atoms with Gasteiger partial charge in [0, 0.05) is 19.4 Å². The van der Waals surface area contributed by atoms with Crippen LogP contribution in [0.25, 0.3) is 0 Å². The lowest BCUT2D eigenvalue weighted by Gasteiger charge is -2.16. The summed E-state index contributed by atoms with van der Waals surface area (Å²) in [6.45, 7) is 0.211. The second-order valence-electron chi connectivity index (χ2n) is 3.95. The van der Waals surface area contributed by atoms with Crippen molar-refractivity contribution in [2.75, 3.05) is 7.05 Å². The number of carbonyl (C=O) groups is 1. The zero-order chi connectivity index (χ0) is 13.8. The molecule has 0 atom stereocenters. The lowest BCUT2D eigenvalue weighted by molar-refractivity contribution is 0.0777. The van der Waals surface area contributed by atoms with Crippen LogP contribution in [-0.2, 0) is 6.54 Å². The second kappa shape index (κ2) is 5.51. The van der Waals surface area contributed by atoms with Gasteiger partial charge in [-0.05, 0) is 18.2 Å². The van der Waals surface area contributed by atoms with Gasteiger partial charge in [0.05, 0.1) is 17.8 Å². The fraction of sp³-hybridized carbons (Fsp3) is 0.154. The summed E-state index contributed by atoms with van der Waals surface area (Å²) >= 11 is 0. The number of amides is 1. The first-order chi connectivity index (χ1) is 9.09. The Labute approximate surface area is 108 Å². The number of rotatable bonds is 3. The third-order valence-electron chi connectivity index (χ3n) is 2.55. The first-order valence-electron chi connectivity index (χ1n) is 5.55. The van der Waals surface area contributed by atoms with Crippen molar-refractivity contribution in [2.24, 2.45) is 0 Å². The molecule has 2 heterocycles. The van der Waals surface area contributed by atoms with E-state index < -0.39 is 17.7 Å². The van der Waals surface area contributed by atoms with Crippen molar-refractivity contribution in [1.29, 1.82) is 0 Å². The number of nitrogens with zero attached hydrogens (tertiary/aromatic N) is 3. The van der Waals surface area contributed by atoms with E-state index in [-0.39, 0.29) is 12.1 Å². The van der Waals surface area contributed by atoms with Gasteiger partial charge in [0.25, 0.3) is 5.91 Å². The Kier molecular flexibility index (Phi) is 3.79. The van der Waals surface area contributed by atoms with E-state index in [0.717, 1.165) is 12.3 Å². The first kappa shape index (κ1) is 13.1. The van der Waals surface area contributed by atoms with Crippen LogP contribution in [0.4, 0.5) is 8.78 Å². The normalized spacial score (nSPS) is 10.3. The molecule has 19 heavy (non-hydrogen) atoms. The van der Waals surface area contributed by atoms with E-state index >= 15 is 0 Å². The average Bonchev–Trinajstić information content (AvgIpc) is 2.42. The van der Waals surface area contributed by atoms with Crippen molar-refractivity contribution in [3.8, 4) is 0 Å². The van der Waals surface area contributed by atoms with Crippen LogP contribution >= 0.6 is 0 Å². The summed E-state index contributed by atoms with van der Waals surface area (Å²) in [7, 11) is 1.49. The minimum Gasteiger partial charge on any atom is -0.336 e. The lowest BCUT2D eigenvalue weighted by atomic mass is 10.2. The van der Waals surface area contributed by atoms with Crippen molar-refractivity contribution < 1.29 is 13.6 Å². The maximum Gasteiger partial charge on any atom is 0.257 e. The van der Waals surface area contributed by atoms with Gasteiger partial charge in [0.15, 0.2) is 5.82 Å². The SMILES string of the molecule is CN(Cc1ccccn1)C(=O)c1ccnc(F)c1F. The molecule has 2 aromatic heterocycles. The summed E-state index contributed by atoms with van der Waals surface area (Å²) in [6.07, 6.45) is 2.65. The molecule has 0 saturated heterocycles. The molecular weight excluding hydrogens is 252 g/mol. The molecule has 2 rings (SSSR count). The zero-order valence-electron chi connectivity index (χ0n) is 10.2. The number of hydrogen-bond acceptors (Lipinski definition) is 3. The molecular formula is C13H11F2N3O.